The van der Waals surface area contributed by atoms with Crippen molar-refractivity contribution in [1.82, 2.24) is 10.3 Å². The molecule has 82 valence electrons. The molecule has 1 N–H and O–H groups in total. The molecule has 0 fully saturated rings. The zero-order valence-electron chi connectivity index (χ0n) is 8.95. The van der Waals surface area contributed by atoms with Gasteiger partial charge in [0.15, 0.2) is 0 Å². The fourth-order valence-corrected chi connectivity index (χ4v) is 0.951. The smallest absolute Gasteiger partial charge is 0.336 e. The van der Waals surface area contributed by atoms with E-state index in [0.717, 1.165) is 30.7 Å². The van der Waals surface area contributed by atoms with E-state index in [9.17, 15) is 9.70 Å². The molecule has 0 saturated carbocycles. The summed E-state index contributed by atoms with van der Waals surface area (Å²) in [6.45, 7) is 5.04. The molecule has 5 nitrogen and oxygen atoms in total. The summed E-state index contributed by atoms with van der Waals surface area (Å²) in [4.78, 5) is 21.6. The number of rotatable bonds is 7. The number of urea groups is 1. The topological polar surface area (TPSA) is 61.8 Å². The third-order valence-corrected chi connectivity index (χ3v) is 1.86. The molecule has 0 aromatic rings. The number of nitrogens with zero attached hydrogens (tertiary/aromatic N) is 2. The molecule has 0 unspecified atom stereocenters. The predicted octanol–water partition coefficient (Wildman–Crippen LogP) is 2.28. The third-order valence-electron chi connectivity index (χ3n) is 1.86. The van der Waals surface area contributed by atoms with E-state index in [0.29, 0.717) is 13.1 Å². The van der Waals surface area contributed by atoms with Crippen LogP contribution in [0.4, 0.5) is 4.79 Å². The number of nitroso groups, excluding NO2 is 1. The molecule has 14 heavy (non-hydrogen) atoms. The van der Waals surface area contributed by atoms with Crippen LogP contribution in [-0.4, -0.2) is 24.1 Å². The van der Waals surface area contributed by atoms with Gasteiger partial charge in [-0.15, -0.1) is 4.91 Å². The number of hydrogen-bond donors (Lipinski definition) is 1. The Labute approximate surface area is 84.8 Å². The molecule has 0 aromatic carbocycles. The van der Waals surface area contributed by atoms with Crippen molar-refractivity contribution in [3.8, 4) is 0 Å². The van der Waals surface area contributed by atoms with Crippen LogP contribution in [0.15, 0.2) is 5.29 Å². The second kappa shape index (κ2) is 8.47. The first-order valence-electron chi connectivity index (χ1n) is 5.14. The Morgan fingerprint density at radius 3 is 2.43 bits per heavy atom. The molecular weight excluding hydrogens is 182 g/mol. The van der Waals surface area contributed by atoms with E-state index >= 15 is 0 Å². The number of hydrogen-bond acceptors (Lipinski definition) is 3. The number of carbonyl (C=O) groups excluding carboxylic acids is 1. The molecule has 2 amide bonds. The lowest BCUT2D eigenvalue weighted by Crippen LogP contribution is -2.37. The van der Waals surface area contributed by atoms with Crippen molar-refractivity contribution in [2.24, 2.45) is 5.29 Å². The lowest BCUT2D eigenvalue weighted by Gasteiger charge is -2.13. The number of amides is 2. The maximum absolute atomic E-state index is 11.3. The molecule has 0 bridgehead atoms. The summed E-state index contributed by atoms with van der Waals surface area (Å²) >= 11 is 0. The van der Waals surface area contributed by atoms with Crippen molar-refractivity contribution in [2.75, 3.05) is 13.1 Å². The van der Waals surface area contributed by atoms with E-state index in [4.69, 9.17) is 0 Å². The van der Waals surface area contributed by atoms with Crippen molar-refractivity contribution in [2.45, 2.75) is 39.5 Å². The first kappa shape index (κ1) is 12.9. The zero-order chi connectivity index (χ0) is 10.8. The minimum absolute atomic E-state index is 0.387. The summed E-state index contributed by atoms with van der Waals surface area (Å²) in [5.41, 5.74) is 0. The van der Waals surface area contributed by atoms with Gasteiger partial charge in [0.2, 0.25) is 0 Å². The lowest BCUT2D eigenvalue weighted by molar-refractivity contribution is 0.198. The molecule has 0 atom stereocenters. The van der Waals surface area contributed by atoms with Crippen LogP contribution in [0.25, 0.3) is 0 Å². The van der Waals surface area contributed by atoms with Gasteiger partial charge in [0.1, 0.15) is 0 Å². The van der Waals surface area contributed by atoms with Gasteiger partial charge in [-0.25, -0.2) is 4.79 Å². The summed E-state index contributed by atoms with van der Waals surface area (Å²) < 4.78 is 0. The van der Waals surface area contributed by atoms with Gasteiger partial charge >= 0.3 is 6.03 Å². The maximum Gasteiger partial charge on any atom is 0.340 e. The van der Waals surface area contributed by atoms with Crippen LogP contribution >= 0.6 is 0 Å². The molecular formula is C9H19N3O2. The molecule has 0 aliphatic heterocycles. The Bertz CT molecular complexity index is 173. The highest BCUT2D eigenvalue weighted by Crippen LogP contribution is 1.96. The number of carbonyl (C=O) groups is 1. The third kappa shape index (κ3) is 5.50. The summed E-state index contributed by atoms with van der Waals surface area (Å²) in [6.07, 6.45) is 3.68. The summed E-state index contributed by atoms with van der Waals surface area (Å²) in [5, 5.41) is 6.26. The van der Waals surface area contributed by atoms with Crippen LogP contribution in [0, 0.1) is 4.91 Å². The van der Waals surface area contributed by atoms with Gasteiger partial charge in [-0.2, -0.15) is 5.01 Å². The maximum atomic E-state index is 11.3. The number of nitrogens with one attached hydrogen (secondary N) is 1. The van der Waals surface area contributed by atoms with Crippen molar-refractivity contribution >= 4 is 6.03 Å². The molecule has 0 aromatic heterocycles. The summed E-state index contributed by atoms with van der Waals surface area (Å²) in [6, 6.07) is -0.387. The van der Waals surface area contributed by atoms with Gasteiger partial charge in [-0.1, -0.05) is 26.7 Å². The fourth-order valence-electron chi connectivity index (χ4n) is 0.951. The first-order valence-corrected chi connectivity index (χ1v) is 5.14. The quantitative estimate of drug-likeness (QED) is 0.390. The highest BCUT2D eigenvalue weighted by Gasteiger charge is 2.11. The van der Waals surface area contributed by atoms with Crippen LogP contribution in [0.1, 0.15) is 39.5 Å². The minimum Gasteiger partial charge on any atom is -0.336 e. The molecule has 0 saturated heterocycles. The fraction of sp³-hybridized carbons (Fsp3) is 0.889. The van der Waals surface area contributed by atoms with Gasteiger partial charge in [0.05, 0.1) is 5.29 Å². The van der Waals surface area contributed by atoms with E-state index in [2.05, 4.69) is 10.6 Å². The van der Waals surface area contributed by atoms with Crippen LogP contribution < -0.4 is 5.32 Å². The normalized spacial score (nSPS) is 9.57. The van der Waals surface area contributed by atoms with Crippen molar-refractivity contribution in [3.05, 3.63) is 4.91 Å². The highest BCUT2D eigenvalue weighted by atomic mass is 16.3. The lowest BCUT2D eigenvalue weighted by atomic mass is 10.3. The molecule has 0 aliphatic carbocycles. The number of unbranched alkanes of at least 4 members (excludes halogenated alkanes) is 2. The average Bonchev–Trinajstić information content (AvgIpc) is 2.19. The van der Waals surface area contributed by atoms with Gasteiger partial charge in [0, 0.05) is 13.1 Å². The van der Waals surface area contributed by atoms with Crippen LogP contribution in [0.2, 0.25) is 0 Å². The SMILES string of the molecule is CCCCNC(=O)N(CCCC)N=O. The minimum atomic E-state index is -0.387. The van der Waals surface area contributed by atoms with Crippen molar-refractivity contribution in [3.63, 3.8) is 0 Å². The van der Waals surface area contributed by atoms with Crippen molar-refractivity contribution < 1.29 is 4.79 Å². The van der Waals surface area contributed by atoms with Gasteiger partial charge in [0.25, 0.3) is 0 Å². The van der Waals surface area contributed by atoms with Crippen LogP contribution in [0.5, 0.6) is 0 Å². The highest BCUT2D eigenvalue weighted by molar-refractivity contribution is 5.73. The molecule has 0 heterocycles. The van der Waals surface area contributed by atoms with Gasteiger partial charge < -0.3 is 5.32 Å². The van der Waals surface area contributed by atoms with E-state index in [1.54, 1.807) is 0 Å². The standard InChI is InChI=1S/C9H19N3O2/c1-3-5-7-10-9(13)12(11-14)8-6-4-2/h3-8H2,1-2H3,(H,10,13). The zero-order valence-corrected chi connectivity index (χ0v) is 8.95. The Morgan fingerprint density at radius 2 is 1.93 bits per heavy atom. The van der Waals surface area contributed by atoms with Gasteiger partial charge in [-0.3, -0.25) is 0 Å². The summed E-state index contributed by atoms with van der Waals surface area (Å²) in [7, 11) is 0. The molecule has 0 radical (unpaired) electrons. The second-order valence-electron chi connectivity index (χ2n) is 3.14. The van der Waals surface area contributed by atoms with E-state index in [1.807, 2.05) is 13.8 Å². The first-order chi connectivity index (χ1) is 6.76. The summed E-state index contributed by atoms with van der Waals surface area (Å²) in [5.74, 6) is 0. The van der Waals surface area contributed by atoms with E-state index in [1.165, 1.54) is 0 Å². The average molecular weight is 201 g/mol. The van der Waals surface area contributed by atoms with E-state index in [-0.39, 0.29) is 6.03 Å². The van der Waals surface area contributed by atoms with Crippen molar-refractivity contribution in [1.29, 1.82) is 0 Å². The molecule has 5 heteroatoms. The molecule has 0 rings (SSSR count). The monoisotopic (exact) mass is 201 g/mol. The Kier molecular flexibility index (Phi) is 7.78. The Balaban J connectivity index is 3.73. The van der Waals surface area contributed by atoms with Crippen LogP contribution in [-0.2, 0) is 0 Å². The van der Waals surface area contributed by atoms with Crippen LogP contribution in [0.3, 0.4) is 0 Å². The predicted molar refractivity (Wildman–Crippen MR) is 55.7 cm³/mol. The molecule has 0 spiro atoms. The largest absolute Gasteiger partial charge is 0.340 e. The van der Waals surface area contributed by atoms with Gasteiger partial charge in [-0.05, 0) is 12.8 Å². The molecule has 0 aliphatic rings. The Morgan fingerprint density at radius 1 is 1.29 bits per heavy atom. The Hall–Kier alpha value is -1.13. The second-order valence-corrected chi connectivity index (χ2v) is 3.14. The van der Waals surface area contributed by atoms with E-state index < -0.39 is 0 Å².